The number of hydrogen-bond donors (Lipinski definition) is 0. The number of amides is 1. The molecule has 0 saturated carbocycles. The predicted molar refractivity (Wildman–Crippen MR) is 102 cm³/mol. The van der Waals surface area contributed by atoms with Crippen LogP contribution in [-0.4, -0.2) is 65.9 Å². The van der Waals surface area contributed by atoms with Crippen molar-refractivity contribution in [1.82, 2.24) is 9.80 Å². The maximum Gasteiger partial charge on any atom is 0.320 e. The summed E-state index contributed by atoms with van der Waals surface area (Å²) in [7, 11) is 0. The summed E-state index contributed by atoms with van der Waals surface area (Å²) in [5, 5.41) is 11.9. The third-order valence-electron chi connectivity index (χ3n) is 4.34. The summed E-state index contributed by atoms with van der Waals surface area (Å²) >= 11 is 7.52. The Hall–Kier alpha value is -2.23. The van der Waals surface area contributed by atoms with Gasteiger partial charge in [-0.3, -0.25) is 24.6 Å². The first-order valence-electron chi connectivity index (χ1n) is 8.44. The molecule has 1 fully saturated rings. The van der Waals surface area contributed by atoms with Crippen molar-refractivity contribution < 1.29 is 19.2 Å². The van der Waals surface area contributed by atoms with Crippen LogP contribution in [0.4, 0.5) is 5.69 Å². The maximum absolute atomic E-state index is 12.8. The number of carbonyl (C=O) groups is 2. The molecule has 3 rings (SSSR count). The Bertz CT molecular complexity index is 892. The summed E-state index contributed by atoms with van der Waals surface area (Å²) in [4.78, 5) is 38.9. The second kappa shape index (κ2) is 8.20. The van der Waals surface area contributed by atoms with E-state index < -0.39 is 4.92 Å². The zero-order valence-corrected chi connectivity index (χ0v) is 16.2. The minimum absolute atomic E-state index is 0.0352. The Balaban J connectivity index is 1.70. The van der Waals surface area contributed by atoms with Gasteiger partial charge in [-0.2, -0.15) is 0 Å². The molecular formula is C17H18ClN3O5S. The van der Waals surface area contributed by atoms with Crippen LogP contribution in [0.3, 0.4) is 0 Å². The molecule has 144 valence electrons. The number of non-ortho nitro benzene ring substituents is 1. The van der Waals surface area contributed by atoms with Gasteiger partial charge in [0.25, 0.3) is 11.6 Å². The van der Waals surface area contributed by atoms with E-state index in [2.05, 4.69) is 0 Å². The molecule has 27 heavy (non-hydrogen) atoms. The molecule has 0 atom stereocenters. The van der Waals surface area contributed by atoms with Crippen LogP contribution in [0.2, 0.25) is 5.02 Å². The Morgan fingerprint density at radius 3 is 2.63 bits per heavy atom. The Morgan fingerprint density at radius 2 is 2.00 bits per heavy atom. The van der Waals surface area contributed by atoms with Gasteiger partial charge in [0.1, 0.15) is 4.88 Å². The van der Waals surface area contributed by atoms with Gasteiger partial charge in [0.05, 0.1) is 23.1 Å². The first kappa shape index (κ1) is 19.5. The van der Waals surface area contributed by atoms with Crippen molar-refractivity contribution in [2.24, 2.45) is 0 Å². The molecule has 0 N–H and O–H groups in total. The fourth-order valence-electron chi connectivity index (χ4n) is 2.95. The topological polar surface area (TPSA) is 93.0 Å². The van der Waals surface area contributed by atoms with Gasteiger partial charge in [0.2, 0.25) is 0 Å². The fourth-order valence-corrected chi connectivity index (χ4v) is 4.46. The average Bonchev–Trinajstić information content (AvgIpc) is 2.98. The molecule has 1 aromatic carbocycles. The van der Waals surface area contributed by atoms with Crippen molar-refractivity contribution >= 4 is 50.6 Å². The SMILES string of the molecule is CCOC(=O)CN1CCN(C(=O)c2sc3cc([N+](=O)[O-])ccc3c2Cl)CC1. The van der Waals surface area contributed by atoms with E-state index in [9.17, 15) is 19.7 Å². The van der Waals surface area contributed by atoms with Crippen molar-refractivity contribution in [2.45, 2.75) is 6.92 Å². The summed E-state index contributed by atoms with van der Waals surface area (Å²) in [6.07, 6.45) is 0. The van der Waals surface area contributed by atoms with Gasteiger partial charge in [0, 0.05) is 48.4 Å². The third kappa shape index (κ3) is 4.20. The standard InChI is InChI=1S/C17H18ClN3O5S/c1-2-26-14(22)10-19-5-7-20(8-6-19)17(23)16-15(18)12-4-3-11(21(24)25)9-13(12)27-16/h3-4,9H,2,5-8,10H2,1H3. The molecule has 1 aliphatic rings. The highest BCUT2D eigenvalue weighted by Gasteiger charge is 2.27. The van der Waals surface area contributed by atoms with Crippen molar-refractivity contribution in [3.05, 3.63) is 38.2 Å². The van der Waals surface area contributed by atoms with Crippen LogP contribution in [0, 0.1) is 10.1 Å². The Morgan fingerprint density at radius 1 is 1.30 bits per heavy atom. The maximum atomic E-state index is 12.8. The number of nitro benzene ring substituents is 1. The van der Waals surface area contributed by atoms with E-state index in [0.717, 1.165) is 11.3 Å². The van der Waals surface area contributed by atoms with E-state index in [0.29, 0.717) is 52.8 Å². The predicted octanol–water partition coefficient (Wildman–Crippen LogP) is 2.78. The number of hydrogen-bond acceptors (Lipinski definition) is 7. The number of ether oxygens (including phenoxy) is 1. The molecular weight excluding hydrogens is 394 g/mol. The molecule has 1 aliphatic heterocycles. The lowest BCUT2D eigenvalue weighted by atomic mass is 10.2. The minimum atomic E-state index is -0.475. The van der Waals surface area contributed by atoms with E-state index >= 15 is 0 Å². The molecule has 0 unspecified atom stereocenters. The van der Waals surface area contributed by atoms with Crippen LogP contribution in [0.1, 0.15) is 16.6 Å². The molecule has 0 spiro atoms. The number of nitro groups is 1. The van der Waals surface area contributed by atoms with Gasteiger partial charge in [0.15, 0.2) is 0 Å². The van der Waals surface area contributed by atoms with E-state index in [4.69, 9.17) is 16.3 Å². The lowest BCUT2D eigenvalue weighted by molar-refractivity contribution is -0.384. The van der Waals surface area contributed by atoms with E-state index in [-0.39, 0.29) is 24.1 Å². The lowest BCUT2D eigenvalue weighted by Crippen LogP contribution is -2.50. The van der Waals surface area contributed by atoms with Crippen LogP contribution in [0.15, 0.2) is 18.2 Å². The third-order valence-corrected chi connectivity index (χ3v) is 5.98. The van der Waals surface area contributed by atoms with Crippen LogP contribution in [0.25, 0.3) is 10.1 Å². The Kier molecular flexibility index (Phi) is 5.93. The monoisotopic (exact) mass is 411 g/mol. The first-order chi connectivity index (χ1) is 12.9. The highest BCUT2D eigenvalue weighted by atomic mass is 35.5. The average molecular weight is 412 g/mol. The molecule has 8 nitrogen and oxygen atoms in total. The summed E-state index contributed by atoms with van der Waals surface area (Å²) in [6, 6.07) is 4.38. The quantitative estimate of drug-likeness (QED) is 0.426. The number of piperazine rings is 1. The molecule has 1 aromatic heterocycles. The molecule has 1 saturated heterocycles. The van der Waals surface area contributed by atoms with Gasteiger partial charge >= 0.3 is 5.97 Å². The summed E-state index contributed by atoms with van der Waals surface area (Å²) in [5.41, 5.74) is -0.0352. The number of benzene rings is 1. The Labute approximate surface area is 164 Å². The van der Waals surface area contributed by atoms with Crippen LogP contribution >= 0.6 is 22.9 Å². The van der Waals surface area contributed by atoms with Gasteiger partial charge < -0.3 is 9.64 Å². The number of halogens is 1. The van der Waals surface area contributed by atoms with Crippen molar-refractivity contribution in [2.75, 3.05) is 39.3 Å². The molecule has 0 bridgehead atoms. The smallest absolute Gasteiger partial charge is 0.320 e. The molecule has 2 heterocycles. The molecule has 1 amide bonds. The molecule has 2 aromatic rings. The van der Waals surface area contributed by atoms with Crippen LogP contribution in [-0.2, 0) is 9.53 Å². The molecule has 0 aliphatic carbocycles. The zero-order valence-electron chi connectivity index (χ0n) is 14.6. The van der Waals surface area contributed by atoms with E-state index in [1.807, 2.05) is 4.90 Å². The second-order valence-corrected chi connectivity index (χ2v) is 7.49. The second-order valence-electron chi connectivity index (χ2n) is 6.06. The number of esters is 1. The number of carbonyl (C=O) groups excluding carboxylic acids is 2. The summed E-state index contributed by atoms with van der Waals surface area (Å²) in [5.74, 6) is -0.467. The number of rotatable bonds is 5. The largest absolute Gasteiger partial charge is 0.465 e. The van der Waals surface area contributed by atoms with Gasteiger partial charge in [-0.25, -0.2) is 0 Å². The van der Waals surface area contributed by atoms with Crippen molar-refractivity contribution in [1.29, 1.82) is 0 Å². The normalized spacial score (nSPS) is 15.1. The highest BCUT2D eigenvalue weighted by Crippen LogP contribution is 2.37. The van der Waals surface area contributed by atoms with Crippen molar-refractivity contribution in [3.63, 3.8) is 0 Å². The van der Waals surface area contributed by atoms with E-state index in [1.54, 1.807) is 17.9 Å². The summed E-state index contributed by atoms with van der Waals surface area (Å²) in [6.45, 7) is 4.41. The number of thiophene rings is 1. The lowest BCUT2D eigenvalue weighted by Gasteiger charge is -2.33. The first-order valence-corrected chi connectivity index (χ1v) is 9.63. The van der Waals surface area contributed by atoms with Gasteiger partial charge in [-0.1, -0.05) is 11.6 Å². The van der Waals surface area contributed by atoms with Gasteiger partial charge in [-0.05, 0) is 13.0 Å². The summed E-state index contributed by atoms with van der Waals surface area (Å²) < 4.78 is 5.55. The van der Waals surface area contributed by atoms with Gasteiger partial charge in [-0.15, -0.1) is 11.3 Å². The van der Waals surface area contributed by atoms with E-state index in [1.165, 1.54) is 12.1 Å². The van der Waals surface area contributed by atoms with Crippen LogP contribution < -0.4 is 0 Å². The number of fused-ring (bicyclic) bond motifs is 1. The molecule has 0 radical (unpaired) electrons. The highest BCUT2D eigenvalue weighted by molar-refractivity contribution is 7.21. The number of nitrogens with zero attached hydrogens (tertiary/aromatic N) is 3. The fraction of sp³-hybridized carbons (Fsp3) is 0.412. The molecule has 10 heteroatoms. The zero-order chi connectivity index (χ0) is 19.6. The van der Waals surface area contributed by atoms with Crippen LogP contribution in [0.5, 0.6) is 0 Å². The minimum Gasteiger partial charge on any atom is -0.465 e. The van der Waals surface area contributed by atoms with Crippen molar-refractivity contribution in [3.8, 4) is 0 Å².